The molecule has 0 fully saturated rings. The van der Waals surface area contributed by atoms with Gasteiger partial charge < -0.3 is 10.1 Å². The van der Waals surface area contributed by atoms with Crippen molar-refractivity contribution in [2.75, 3.05) is 6.61 Å². The zero-order chi connectivity index (χ0) is 17.8. The summed E-state index contributed by atoms with van der Waals surface area (Å²) in [5.41, 5.74) is 4.75. The molecule has 1 aliphatic carbocycles. The van der Waals surface area contributed by atoms with E-state index in [1.165, 1.54) is 22.3 Å². The highest BCUT2D eigenvalue weighted by molar-refractivity contribution is 5.79. The summed E-state index contributed by atoms with van der Waals surface area (Å²) in [5.74, 6) is 0.363. The van der Waals surface area contributed by atoms with Crippen LogP contribution in [-0.2, 0) is 4.74 Å². The summed E-state index contributed by atoms with van der Waals surface area (Å²) < 4.78 is 5.45. The van der Waals surface area contributed by atoms with Gasteiger partial charge in [-0.1, -0.05) is 62.4 Å². The lowest BCUT2D eigenvalue weighted by Crippen LogP contribution is -2.35. The summed E-state index contributed by atoms with van der Waals surface area (Å²) in [4.78, 5) is 12.1. The maximum atomic E-state index is 12.1. The van der Waals surface area contributed by atoms with Crippen LogP contribution in [0.4, 0.5) is 4.79 Å². The second kappa shape index (κ2) is 7.40. The SMILES string of the molecule is CC(C)C[C@@H](C#N)NC(=O)OCC1c2ccccc2-c2ccccc21. The van der Waals surface area contributed by atoms with E-state index in [-0.39, 0.29) is 12.5 Å². The molecule has 0 spiro atoms. The number of benzene rings is 2. The molecule has 2 aromatic carbocycles. The fraction of sp³-hybridized carbons (Fsp3) is 0.333. The average molecular weight is 334 g/mol. The highest BCUT2D eigenvalue weighted by atomic mass is 16.5. The van der Waals surface area contributed by atoms with Crippen LogP contribution in [0.15, 0.2) is 48.5 Å². The second-order valence-corrected chi connectivity index (χ2v) is 6.78. The highest BCUT2D eigenvalue weighted by Crippen LogP contribution is 2.44. The molecule has 0 unspecified atom stereocenters. The van der Waals surface area contributed by atoms with Gasteiger partial charge in [0.1, 0.15) is 12.6 Å². The predicted molar refractivity (Wildman–Crippen MR) is 97.1 cm³/mol. The number of nitrogens with one attached hydrogen (secondary N) is 1. The highest BCUT2D eigenvalue weighted by Gasteiger charge is 2.29. The summed E-state index contributed by atoms with van der Waals surface area (Å²) in [7, 11) is 0. The minimum absolute atomic E-state index is 0.0313. The van der Waals surface area contributed by atoms with Crippen molar-refractivity contribution in [3.05, 3.63) is 59.7 Å². The zero-order valence-electron chi connectivity index (χ0n) is 14.5. The van der Waals surface area contributed by atoms with Crippen molar-refractivity contribution in [3.8, 4) is 17.2 Å². The van der Waals surface area contributed by atoms with E-state index >= 15 is 0 Å². The number of nitrogens with zero attached hydrogens (tertiary/aromatic N) is 1. The fourth-order valence-electron chi connectivity index (χ4n) is 3.40. The normalized spacial score (nSPS) is 13.7. The van der Waals surface area contributed by atoms with Crippen molar-refractivity contribution in [2.45, 2.75) is 32.2 Å². The lowest BCUT2D eigenvalue weighted by atomic mass is 9.98. The van der Waals surface area contributed by atoms with Crippen LogP contribution in [-0.4, -0.2) is 18.7 Å². The molecule has 25 heavy (non-hydrogen) atoms. The van der Waals surface area contributed by atoms with Crippen molar-refractivity contribution in [1.82, 2.24) is 5.32 Å². The minimum Gasteiger partial charge on any atom is -0.449 e. The number of hydrogen-bond acceptors (Lipinski definition) is 3. The first-order valence-electron chi connectivity index (χ1n) is 8.61. The molecular weight excluding hydrogens is 312 g/mol. The number of fused-ring (bicyclic) bond motifs is 3. The van der Waals surface area contributed by atoms with E-state index in [1.54, 1.807) is 0 Å². The summed E-state index contributed by atoms with van der Waals surface area (Å²) in [5, 5.41) is 11.8. The Bertz CT molecular complexity index is 762. The monoisotopic (exact) mass is 334 g/mol. The Morgan fingerprint density at radius 3 is 2.20 bits per heavy atom. The molecule has 1 amide bonds. The quantitative estimate of drug-likeness (QED) is 0.878. The predicted octanol–water partition coefficient (Wildman–Crippen LogP) is 4.46. The number of hydrogen-bond donors (Lipinski definition) is 1. The van der Waals surface area contributed by atoms with E-state index in [0.29, 0.717) is 12.3 Å². The molecule has 0 aromatic heterocycles. The van der Waals surface area contributed by atoms with Gasteiger partial charge in [0.25, 0.3) is 0 Å². The van der Waals surface area contributed by atoms with Crippen LogP contribution in [0.25, 0.3) is 11.1 Å². The molecule has 3 rings (SSSR count). The molecule has 2 aromatic rings. The van der Waals surface area contributed by atoms with E-state index in [0.717, 1.165) is 0 Å². The second-order valence-electron chi connectivity index (χ2n) is 6.78. The smallest absolute Gasteiger partial charge is 0.408 e. The third kappa shape index (κ3) is 3.66. The Morgan fingerprint density at radius 1 is 1.12 bits per heavy atom. The number of carbonyl (C=O) groups is 1. The van der Waals surface area contributed by atoms with Crippen LogP contribution < -0.4 is 5.32 Å². The maximum absolute atomic E-state index is 12.1. The first-order chi connectivity index (χ1) is 12.1. The van der Waals surface area contributed by atoms with Crippen LogP contribution in [0, 0.1) is 17.2 Å². The number of ether oxygens (including phenoxy) is 1. The third-order valence-electron chi connectivity index (χ3n) is 4.50. The topological polar surface area (TPSA) is 62.1 Å². The maximum Gasteiger partial charge on any atom is 0.408 e. The molecule has 0 saturated heterocycles. The van der Waals surface area contributed by atoms with Crippen LogP contribution in [0.2, 0.25) is 0 Å². The van der Waals surface area contributed by atoms with Crippen LogP contribution in [0.5, 0.6) is 0 Å². The van der Waals surface area contributed by atoms with E-state index in [1.807, 2.05) is 38.1 Å². The average Bonchev–Trinajstić information content (AvgIpc) is 2.93. The Balaban J connectivity index is 1.69. The molecule has 1 aliphatic rings. The van der Waals surface area contributed by atoms with E-state index in [4.69, 9.17) is 10.00 Å². The summed E-state index contributed by atoms with van der Waals surface area (Å²) in [6, 6.07) is 18.0. The summed E-state index contributed by atoms with van der Waals surface area (Å²) in [6.45, 7) is 4.30. The Kier molecular flexibility index (Phi) is 5.04. The van der Waals surface area contributed by atoms with Gasteiger partial charge in [0.15, 0.2) is 0 Å². The van der Waals surface area contributed by atoms with Gasteiger partial charge in [-0.05, 0) is 34.6 Å². The van der Waals surface area contributed by atoms with Gasteiger partial charge in [-0.3, -0.25) is 0 Å². The molecule has 0 heterocycles. The fourth-order valence-corrected chi connectivity index (χ4v) is 3.40. The molecule has 1 atom stereocenters. The molecule has 4 heteroatoms. The van der Waals surface area contributed by atoms with Crippen molar-refractivity contribution < 1.29 is 9.53 Å². The Labute approximate surface area is 148 Å². The number of nitriles is 1. The van der Waals surface area contributed by atoms with Gasteiger partial charge in [0.05, 0.1) is 6.07 Å². The van der Waals surface area contributed by atoms with Gasteiger partial charge in [0.2, 0.25) is 0 Å². The molecule has 0 bridgehead atoms. The van der Waals surface area contributed by atoms with Crippen molar-refractivity contribution in [1.29, 1.82) is 5.26 Å². The third-order valence-corrected chi connectivity index (χ3v) is 4.50. The largest absolute Gasteiger partial charge is 0.449 e. The van der Waals surface area contributed by atoms with E-state index in [9.17, 15) is 4.79 Å². The van der Waals surface area contributed by atoms with Gasteiger partial charge in [0, 0.05) is 5.92 Å². The summed E-state index contributed by atoms with van der Waals surface area (Å²) in [6.07, 6.45) is 0.0785. The van der Waals surface area contributed by atoms with Gasteiger partial charge >= 0.3 is 6.09 Å². The summed E-state index contributed by atoms with van der Waals surface area (Å²) >= 11 is 0. The van der Waals surface area contributed by atoms with Crippen molar-refractivity contribution in [3.63, 3.8) is 0 Å². The standard InChI is InChI=1S/C21H22N2O2/c1-14(2)11-15(12-22)23-21(24)25-13-20-18-9-5-3-7-16(18)17-8-4-6-10-19(17)20/h3-10,14-15,20H,11,13H2,1-2H3,(H,23,24)/t15-/m0/s1. The first-order valence-corrected chi connectivity index (χ1v) is 8.61. The van der Waals surface area contributed by atoms with Crippen LogP contribution in [0.3, 0.4) is 0 Å². The molecule has 128 valence electrons. The molecule has 0 radical (unpaired) electrons. The Morgan fingerprint density at radius 2 is 1.68 bits per heavy atom. The molecular formula is C21H22N2O2. The number of amides is 1. The number of rotatable bonds is 5. The van der Waals surface area contributed by atoms with Crippen molar-refractivity contribution >= 4 is 6.09 Å². The van der Waals surface area contributed by atoms with Gasteiger partial charge in [-0.15, -0.1) is 0 Å². The molecule has 4 nitrogen and oxygen atoms in total. The van der Waals surface area contributed by atoms with E-state index < -0.39 is 12.1 Å². The van der Waals surface area contributed by atoms with Crippen LogP contribution >= 0.6 is 0 Å². The van der Waals surface area contributed by atoms with Gasteiger partial charge in [-0.2, -0.15) is 5.26 Å². The van der Waals surface area contributed by atoms with Gasteiger partial charge in [-0.25, -0.2) is 4.79 Å². The zero-order valence-corrected chi connectivity index (χ0v) is 14.5. The molecule has 1 N–H and O–H groups in total. The Hall–Kier alpha value is -2.80. The lowest BCUT2D eigenvalue weighted by molar-refractivity contribution is 0.140. The minimum atomic E-state index is -0.533. The van der Waals surface area contributed by atoms with E-state index in [2.05, 4.69) is 35.7 Å². The number of alkyl carbamates (subject to hydrolysis) is 1. The molecule has 0 saturated carbocycles. The first kappa shape index (κ1) is 17.0. The molecule has 0 aliphatic heterocycles. The lowest BCUT2D eigenvalue weighted by Gasteiger charge is -2.17. The van der Waals surface area contributed by atoms with Crippen molar-refractivity contribution in [2.24, 2.45) is 5.92 Å². The van der Waals surface area contributed by atoms with Crippen LogP contribution in [0.1, 0.15) is 37.3 Å². The number of carbonyl (C=O) groups excluding carboxylic acids is 1.